The Kier molecular flexibility index (Phi) is 4.61. The molecule has 1 saturated carbocycles. The molecule has 0 radical (unpaired) electrons. The lowest BCUT2D eigenvalue weighted by atomic mass is 10.1. The third kappa shape index (κ3) is 3.47. The van der Waals surface area contributed by atoms with E-state index in [1.165, 1.54) is 12.8 Å². The van der Waals surface area contributed by atoms with E-state index in [1.807, 2.05) is 18.1 Å². The van der Waals surface area contributed by atoms with Crippen molar-refractivity contribution in [3.63, 3.8) is 0 Å². The Morgan fingerprint density at radius 1 is 1.32 bits per heavy atom. The molecule has 0 saturated heterocycles. The van der Waals surface area contributed by atoms with Crippen molar-refractivity contribution >= 4 is 17.2 Å². The highest BCUT2D eigenvalue weighted by molar-refractivity contribution is 7.11. The molecule has 3 aliphatic rings. The van der Waals surface area contributed by atoms with Crippen molar-refractivity contribution in [3.05, 3.63) is 27.5 Å². The van der Waals surface area contributed by atoms with Crippen molar-refractivity contribution in [2.45, 2.75) is 45.0 Å². The molecule has 1 fully saturated rings. The van der Waals surface area contributed by atoms with Gasteiger partial charge in [-0.3, -0.25) is 0 Å². The number of nitrogens with zero attached hydrogens (tertiary/aromatic N) is 5. The number of hydrogen-bond donors (Lipinski definition) is 1. The van der Waals surface area contributed by atoms with Crippen molar-refractivity contribution in [1.29, 1.82) is 0 Å². The molecule has 6 nitrogen and oxygen atoms in total. The van der Waals surface area contributed by atoms with Crippen LogP contribution >= 0.6 is 11.3 Å². The van der Waals surface area contributed by atoms with E-state index >= 15 is 0 Å². The minimum Gasteiger partial charge on any atom is -0.375 e. The van der Waals surface area contributed by atoms with Crippen LogP contribution < -0.4 is 0 Å². The van der Waals surface area contributed by atoms with Gasteiger partial charge in [0, 0.05) is 24.7 Å². The number of hydrogen-bond acceptors (Lipinski definition) is 7. The monoisotopic (exact) mass is 415 g/mol. The number of alkyl halides is 3. The highest BCUT2D eigenvalue weighted by atomic mass is 32.1. The summed E-state index contributed by atoms with van der Waals surface area (Å²) in [6.07, 6.45) is -0.202. The molecule has 28 heavy (non-hydrogen) atoms. The van der Waals surface area contributed by atoms with Crippen LogP contribution in [-0.2, 0) is 12.1 Å². The highest BCUT2D eigenvalue weighted by Crippen LogP contribution is 2.41. The SMILES string of the molecule is Cc1sc(C(C)(O)C(F)(F)F)nc1CN1C=C2C(=NCN2CC2CC2)N(C)C1. The second-order valence-corrected chi connectivity index (χ2v) is 9.18. The van der Waals surface area contributed by atoms with Gasteiger partial charge in [-0.05, 0) is 32.6 Å². The lowest BCUT2D eigenvalue weighted by Crippen LogP contribution is -2.43. The summed E-state index contributed by atoms with van der Waals surface area (Å²) < 4.78 is 39.4. The fourth-order valence-electron chi connectivity index (χ4n) is 3.42. The first-order valence-corrected chi connectivity index (χ1v) is 10.1. The smallest absolute Gasteiger partial charge is 0.375 e. The molecule has 1 unspecified atom stereocenters. The second kappa shape index (κ2) is 6.62. The first kappa shape index (κ1) is 19.5. The number of halogens is 3. The van der Waals surface area contributed by atoms with E-state index in [0.717, 1.165) is 42.3 Å². The predicted octanol–water partition coefficient (Wildman–Crippen LogP) is 2.85. The van der Waals surface area contributed by atoms with Gasteiger partial charge in [-0.25, -0.2) is 9.98 Å². The molecule has 0 spiro atoms. The average molecular weight is 415 g/mol. The normalized spacial score (nSPS) is 22.2. The van der Waals surface area contributed by atoms with Gasteiger partial charge < -0.3 is 19.8 Å². The lowest BCUT2D eigenvalue weighted by Gasteiger charge is -2.35. The fourth-order valence-corrected chi connectivity index (χ4v) is 4.41. The Balaban J connectivity index is 1.54. The summed E-state index contributed by atoms with van der Waals surface area (Å²) in [5.41, 5.74) is -1.32. The first-order valence-electron chi connectivity index (χ1n) is 9.29. The maximum Gasteiger partial charge on any atom is 0.423 e. The van der Waals surface area contributed by atoms with Crippen LogP contribution in [0.3, 0.4) is 0 Å². The molecule has 1 aliphatic carbocycles. The van der Waals surface area contributed by atoms with E-state index in [9.17, 15) is 18.3 Å². The van der Waals surface area contributed by atoms with Gasteiger partial charge in [0.1, 0.15) is 11.7 Å². The fraction of sp³-hybridized carbons (Fsp3) is 0.667. The zero-order valence-corrected chi connectivity index (χ0v) is 16.9. The zero-order chi connectivity index (χ0) is 20.3. The Morgan fingerprint density at radius 3 is 2.68 bits per heavy atom. The van der Waals surface area contributed by atoms with E-state index in [0.29, 0.717) is 30.5 Å². The molecule has 10 heteroatoms. The number of rotatable bonds is 5. The van der Waals surface area contributed by atoms with Crippen LogP contribution in [0.2, 0.25) is 0 Å². The van der Waals surface area contributed by atoms with Crippen molar-refractivity contribution in [2.24, 2.45) is 10.9 Å². The van der Waals surface area contributed by atoms with E-state index in [4.69, 9.17) is 0 Å². The first-order chi connectivity index (χ1) is 13.1. The van der Waals surface area contributed by atoms with Crippen LogP contribution in [0.25, 0.3) is 0 Å². The third-order valence-corrected chi connectivity index (χ3v) is 6.63. The largest absolute Gasteiger partial charge is 0.423 e. The van der Waals surface area contributed by atoms with E-state index in [1.54, 1.807) is 6.92 Å². The molecular weight excluding hydrogens is 391 g/mol. The molecule has 1 aromatic heterocycles. The topological polar surface area (TPSA) is 55.2 Å². The summed E-state index contributed by atoms with van der Waals surface area (Å²) in [4.78, 5) is 15.8. The van der Waals surface area contributed by atoms with Crippen LogP contribution in [-0.4, -0.2) is 63.7 Å². The molecule has 0 bridgehead atoms. The molecule has 4 rings (SSSR count). The quantitative estimate of drug-likeness (QED) is 0.802. The van der Waals surface area contributed by atoms with Crippen molar-refractivity contribution in [3.8, 4) is 0 Å². The Morgan fingerprint density at radius 2 is 2.04 bits per heavy atom. The van der Waals surface area contributed by atoms with Gasteiger partial charge in [-0.1, -0.05) is 0 Å². The molecule has 2 aliphatic heterocycles. The summed E-state index contributed by atoms with van der Waals surface area (Å²) in [5, 5.41) is 9.61. The summed E-state index contributed by atoms with van der Waals surface area (Å²) in [6.45, 7) is 5.11. The van der Waals surface area contributed by atoms with Gasteiger partial charge in [-0.2, -0.15) is 13.2 Å². The van der Waals surface area contributed by atoms with Gasteiger partial charge in [0.25, 0.3) is 0 Å². The highest BCUT2D eigenvalue weighted by Gasteiger charge is 2.53. The number of thiazole rings is 1. The standard InChI is InChI=1S/C18H24F3N5OS/c1-11-13(23-16(28-11)17(2,27)18(19,20)21)7-25-8-14-15(24(3)10-25)22-9-26(14)6-12-4-5-12/h8,12,27H,4-7,9-10H2,1-3H3. The van der Waals surface area contributed by atoms with Crippen molar-refractivity contribution < 1.29 is 18.3 Å². The maximum atomic E-state index is 13.1. The zero-order valence-electron chi connectivity index (χ0n) is 16.1. The third-order valence-electron chi connectivity index (χ3n) is 5.41. The summed E-state index contributed by atoms with van der Waals surface area (Å²) in [5.74, 6) is 1.71. The molecule has 0 amide bonds. The summed E-state index contributed by atoms with van der Waals surface area (Å²) in [6, 6.07) is 0. The number of aromatic nitrogens is 1. The lowest BCUT2D eigenvalue weighted by molar-refractivity contribution is -0.258. The van der Waals surface area contributed by atoms with Gasteiger partial charge in [0.05, 0.1) is 24.6 Å². The molecule has 1 aromatic rings. The van der Waals surface area contributed by atoms with Crippen LogP contribution in [0.4, 0.5) is 13.2 Å². The van der Waals surface area contributed by atoms with Crippen LogP contribution in [0.5, 0.6) is 0 Å². The van der Waals surface area contributed by atoms with Crippen molar-refractivity contribution in [1.82, 2.24) is 19.7 Å². The summed E-state index contributed by atoms with van der Waals surface area (Å²) in [7, 11) is 1.97. The van der Waals surface area contributed by atoms with Crippen LogP contribution in [0.1, 0.15) is 35.3 Å². The van der Waals surface area contributed by atoms with Crippen LogP contribution in [0.15, 0.2) is 16.9 Å². The van der Waals surface area contributed by atoms with E-state index in [-0.39, 0.29) is 5.01 Å². The van der Waals surface area contributed by atoms with Crippen molar-refractivity contribution in [2.75, 3.05) is 26.9 Å². The number of likely N-dealkylation sites (N-methyl/N-ethyl adjacent to an activating group) is 1. The Labute approximate surface area is 166 Å². The Bertz CT molecular complexity index is 828. The molecule has 1 N–H and O–H groups in total. The van der Waals surface area contributed by atoms with Gasteiger partial charge >= 0.3 is 6.18 Å². The molecule has 1 atom stereocenters. The predicted molar refractivity (Wildman–Crippen MR) is 100 cm³/mol. The number of amidine groups is 1. The number of aliphatic hydroxyl groups is 1. The molecule has 3 heterocycles. The molecular formula is C18H24F3N5OS. The number of fused-ring (bicyclic) bond motifs is 1. The number of aryl methyl sites for hydroxylation is 1. The van der Waals surface area contributed by atoms with Gasteiger partial charge in [-0.15, -0.1) is 11.3 Å². The van der Waals surface area contributed by atoms with Crippen LogP contribution in [0, 0.1) is 12.8 Å². The summed E-state index contributed by atoms with van der Waals surface area (Å²) >= 11 is 0.898. The second-order valence-electron chi connectivity index (χ2n) is 7.98. The van der Waals surface area contributed by atoms with E-state index < -0.39 is 11.8 Å². The number of aliphatic imine (C=N–C) groups is 1. The average Bonchev–Trinajstić information content (AvgIpc) is 3.20. The minimum atomic E-state index is -4.76. The Hall–Kier alpha value is -1.81. The van der Waals surface area contributed by atoms with Gasteiger partial charge in [0.15, 0.2) is 5.84 Å². The molecule has 0 aromatic carbocycles. The van der Waals surface area contributed by atoms with Gasteiger partial charge in [0.2, 0.25) is 5.60 Å². The maximum absolute atomic E-state index is 13.1. The minimum absolute atomic E-state index is 0.316. The molecule has 154 valence electrons. The van der Waals surface area contributed by atoms with E-state index in [2.05, 4.69) is 19.8 Å².